The highest BCUT2D eigenvalue weighted by Crippen LogP contribution is 2.33. The summed E-state index contributed by atoms with van der Waals surface area (Å²) in [6.07, 6.45) is 5.99. The Morgan fingerprint density at radius 2 is 1.90 bits per heavy atom. The van der Waals surface area contributed by atoms with Gasteiger partial charge < -0.3 is 16.0 Å². The minimum Gasteiger partial charge on any atom is -0.369 e. The molecule has 0 spiro atoms. The molecule has 0 aromatic heterocycles. The normalized spacial score (nSPS) is 23.8. The first-order valence-electron chi connectivity index (χ1n) is 11.1. The molecule has 1 aromatic rings. The molecule has 1 heterocycles. The molecule has 3 N–H and O–H groups in total. The van der Waals surface area contributed by atoms with E-state index in [0.29, 0.717) is 22.3 Å². The van der Waals surface area contributed by atoms with Crippen molar-refractivity contribution in [1.82, 2.24) is 5.32 Å². The van der Waals surface area contributed by atoms with Crippen LogP contribution in [-0.2, 0) is 4.79 Å². The van der Waals surface area contributed by atoms with Gasteiger partial charge in [0.15, 0.2) is 0 Å². The number of benzene rings is 1. The minimum atomic E-state index is -0.426. The summed E-state index contributed by atoms with van der Waals surface area (Å²) in [6.45, 7) is 8.83. The fraction of sp³-hybridized carbons (Fsp3) is 0.542. The van der Waals surface area contributed by atoms with Gasteiger partial charge in [0, 0.05) is 47.2 Å². The standard InChI is InChI=1S/C24H33ClN4O2/c1-5-29(19-8-6-18(26)7-9-19)22-12-17(25)11-20(16(22)4)23(30)27-13-21-14(2)10-15(3)28-24(21)31/h10-12,18-19,21H,5-9,13,26H2,1-4H3,(H,27,30). The summed E-state index contributed by atoms with van der Waals surface area (Å²) in [5.74, 6) is -0.867. The molecule has 168 valence electrons. The molecule has 1 fully saturated rings. The number of carbonyl (C=O) groups is 2. The van der Waals surface area contributed by atoms with Crippen molar-refractivity contribution in [1.29, 1.82) is 0 Å². The van der Waals surface area contributed by atoms with Crippen LogP contribution in [0.4, 0.5) is 5.69 Å². The summed E-state index contributed by atoms with van der Waals surface area (Å²) in [5.41, 5.74) is 10.1. The molecule has 2 amide bonds. The van der Waals surface area contributed by atoms with Crippen LogP contribution in [0, 0.1) is 12.8 Å². The van der Waals surface area contributed by atoms with Crippen molar-refractivity contribution in [3.63, 3.8) is 0 Å². The molecular weight excluding hydrogens is 412 g/mol. The van der Waals surface area contributed by atoms with E-state index in [9.17, 15) is 9.59 Å². The monoisotopic (exact) mass is 444 g/mol. The lowest BCUT2D eigenvalue weighted by molar-refractivity contribution is -0.120. The first-order chi connectivity index (χ1) is 14.7. The number of carbonyl (C=O) groups excluding carboxylic acids is 2. The lowest BCUT2D eigenvalue weighted by atomic mass is 9.90. The van der Waals surface area contributed by atoms with Crippen LogP contribution >= 0.6 is 11.6 Å². The predicted octanol–water partition coefficient (Wildman–Crippen LogP) is 4.04. The Balaban J connectivity index is 1.79. The number of nitrogens with one attached hydrogen (secondary N) is 1. The summed E-state index contributed by atoms with van der Waals surface area (Å²) in [4.78, 5) is 31.7. The van der Waals surface area contributed by atoms with E-state index in [1.54, 1.807) is 13.0 Å². The number of allylic oxidation sites excluding steroid dienone is 1. The fourth-order valence-corrected chi connectivity index (χ4v) is 4.90. The largest absolute Gasteiger partial charge is 0.369 e. The summed E-state index contributed by atoms with van der Waals surface area (Å²) in [5, 5.41) is 3.45. The maximum absolute atomic E-state index is 13.0. The van der Waals surface area contributed by atoms with Crippen molar-refractivity contribution in [2.24, 2.45) is 16.6 Å². The van der Waals surface area contributed by atoms with E-state index in [-0.39, 0.29) is 24.4 Å². The van der Waals surface area contributed by atoms with E-state index in [4.69, 9.17) is 17.3 Å². The highest BCUT2D eigenvalue weighted by molar-refractivity contribution is 6.31. The molecule has 3 rings (SSSR count). The Morgan fingerprint density at radius 3 is 2.52 bits per heavy atom. The Labute approximate surface area is 189 Å². The van der Waals surface area contributed by atoms with Crippen molar-refractivity contribution in [2.75, 3.05) is 18.0 Å². The molecule has 2 aliphatic rings. The van der Waals surface area contributed by atoms with Crippen LogP contribution in [-0.4, -0.2) is 42.7 Å². The van der Waals surface area contributed by atoms with Gasteiger partial charge in [0.05, 0.1) is 5.92 Å². The number of anilines is 1. The molecule has 1 aliphatic heterocycles. The Morgan fingerprint density at radius 1 is 1.23 bits per heavy atom. The first-order valence-corrected chi connectivity index (χ1v) is 11.5. The molecule has 0 saturated heterocycles. The van der Waals surface area contributed by atoms with Gasteiger partial charge in [-0.05, 0) is 77.2 Å². The number of amides is 2. The number of dihydropyridines is 1. The van der Waals surface area contributed by atoms with Crippen molar-refractivity contribution in [3.8, 4) is 0 Å². The Hall–Kier alpha value is -2.18. The van der Waals surface area contributed by atoms with Crippen LogP contribution in [0.3, 0.4) is 0 Å². The quantitative estimate of drug-likeness (QED) is 0.693. The Bertz CT molecular complexity index is 916. The fourth-order valence-electron chi connectivity index (χ4n) is 4.68. The molecule has 1 saturated carbocycles. The first kappa shape index (κ1) is 23.5. The molecule has 7 heteroatoms. The van der Waals surface area contributed by atoms with Crippen molar-refractivity contribution >= 4 is 34.8 Å². The van der Waals surface area contributed by atoms with Crippen LogP contribution in [0.5, 0.6) is 0 Å². The number of nitrogens with two attached hydrogens (primary N) is 1. The maximum atomic E-state index is 13.0. The van der Waals surface area contributed by atoms with Gasteiger partial charge in [0.25, 0.3) is 11.8 Å². The van der Waals surface area contributed by atoms with E-state index >= 15 is 0 Å². The molecule has 0 bridgehead atoms. The van der Waals surface area contributed by atoms with Crippen molar-refractivity contribution < 1.29 is 9.59 Å². The summed E-state index contributed by atoms with van der Waals surface area (Å²) in [7, 11) is 0. The smallest absolute Gasteiger partial charge is 0.254 e. The van der Waals surface area contributed by atoms with Gasteiger partial charge in [-0.3, -0.25) is 9.59 Å². The molecule has 31 heavy (non-hydrogen) atoms. The molecule has 6 nitrogen and oxygen atoms in total. The number of aliphatic imine (C=N–C) groups is 1. The summed E-state index contributed by atoms with van der Waals surface area (Å²) in [6, 6.07) is 4.32. The van der Waals surface area contributed by atoms with Crippen LogP contribution in [0.15, 0.2) is 28.8 Å². The molecule has 1 aliphatic carbocycles. The lowest BCUT2D eigenvalue weighted by Crippen LogP contribution is -2.41. The molecule has 1 atom stereocenters. The SMILES string of the molecule is CCN(c1cc(Cl)cc(C(=O)NCC2C(=O)N=C(C)C=C2C)c1C)C1CCC(N)CC1. The van der Waals surface area contributed by atoms with Gasteiger partial charge in [-0.15, -0.1) is 0 Å². The van der Waals surface area contributed by atoms with Crippen LogP contribution in [0.1, 0.15) is 62.4 Å². The lowest BCUT2D eigenvalue weighted by Gasteiger charge is -2.38. The third kappa shape index (κ3) is 5.36. The number of rotatable bonds is 6. The average Bonchev–Trinajstić information content (AvgIpc) is 2.71. The molecule has 1 unspecified atom stereocenters. The average molecular weight is 445 g/mol. The van der Waals surface area contributed by atoms with Gasteiger partial charge in [0.2, 0.25) is 0 Å². The second kappa shape index (κ2) is 9.96. The third-order valence-electron chi connectivity index (χ3n) is 6.46. The van der Waals surface area contributed by atoms with E-state index in [1.807, 2.05) is 26.0 Å². The van der Waals surface area contributed by atoms with Gasteiger partial charge in [-0.1, -0.05) is 17.2 Å². The third-order valence-corrected chi connectivity index (χ3v) is 6.68. The zero-order valence-electron chi connectivity index (χ0n) is 18.9. The molecular formula is C24H33ClN4O2. The minimum absolute atomic E-state index is 0.214. The number of halogens is 1. The van der Waals surface area contributed by atoms with Crippen LogP contribution in [0.25, 0.3) is 0 Å². The van der Waals surface area contributed by atoms with Crippen molar-refractivity contribution in [3.05, 3.63) is 39.9 Å². The van der Waals surface area contributed by atoms with Gasteiger partial charge in [-0.2, -0.15) is 0 Å². The number of hydrogen-bond donors (Lipinski definition) is 2. The van der Waals surface area contributed by atoms with E-state index < -0.39 is 5.92 Å². The summed E-state index contributed by atoms with van der Waals surface area (Å²) >= 11 is 6.43. The second-order valence-corrected chi connectivity index (χ2v) is 9.13. The van der Waals surface area contributed by atoms with Gasteiger partial charge in [-0.25, -0.2) is 4.99 Å². The van der Waals surface area contributed by atoms with Gasteiger partial charge >= 0.3 is 0 Å². The number of nitrogens with zero attached hydrogens (tertiary/aromatic N) is 2. The molecule has 0 radical (unpaired) electrons. The highest BCUT2D eigenvalue weighted by atomic mass is 35.5. The zero-order chi connectivity index (χ0) is 22.7. The zero-order valence-corrected chi connectivity index (χ0v) is 19.6. The van der Waals surface area contributed by atoms with E-state index in [2.05, 4.69) is 22.1 Å². The highest BCUT2D eigenvalue weighted by Gasteiger charge is 2.27. The van der Waals surface area contributed by atoms with Crippen molar-refractivity contribution in [2.45, 2.75) is 65.5 Å². The van der Waals surface area contributed by atoms with Crippen LogP contribution in [0.2, 0.25) is 5.02 Å². The van der Waals surface area contributed by atoms with E-state index in [0.717, 1.165) is 49.1 Å². The van der Waals surface area contributed by atoms with Crippen LogP contribution < -0.4 is 16.0 Å². The van der Waals surface area contributed by atoms with Gasteiger partial charge in [0.1, 0.15) is 0 Å². The second-order valence-electron chi connectivity index (χ2n) is 8.69. The summed E-state index contributed by atoms with van der Waals surface area (Å²) < 4.78 is 0. The molecule has 1 aromatic carbocycles. The Kier molecular flexibility index (Phi) is 7.55. The van der Waals surface area contributed by atoms with E-state index in [1.165, 1.54) is 0 Å². The maximum Gasteiger partial charge on any atom is 0.254 e. The number of hydrogen-bond acceptors (Lipinski definition) is 4. The topological polar surface area (TPSA) is 87.8 Å². The predicted molar refractivity (Wildman–Crippen MR) is 127 cm³/mol.